The van der Waals surface area contributed by atoms with E-state index in [1.54, 1.807) is 0 Å². The summed E-state index contributed by atoms with van der Waals surface area (Å²) >= 11 is 0. The highest BCUT2D eigenvalue weighted by Crippen LogP contribution is 2.13. The quantitative estimate of drug-likeness (QED) is 0.625. The van der Waals surface area contributed by atoms with E-state index in [1.807, 2.05) is 19.1 Å². The zero-order valence-corrected chi connectivity index (χ0v) is 8.51. The van der Waals surface area contributed by atoms with E-state index in [-0.39, 0.29) is 0 Å². The summed E-state index contributed by atoms with van der Waals surface area (Å²) in [5.41, 5.74) is 3.34. The second-order valence-electron chi connectivity index (χ2n) is 3.89. The summed E-state index contributed by atoms with van der Waals surface area (Å²) in [7, 11) is 6.31. The molecule has 1 unspecified atom stereocenters. The Bertz CT molecular complexity index is 125. The average molecular weight is 171 g/mol. The summed E-state index contributed by atoms with van der Waals surface area (Å²) < 4.78 is 0. The molecular weight excluding hydrogens is 150 g/mol. The Labute approximate surface area is 75.7 Å². The number of nitrogens with one attached hydrogen (secondary N) is 1. The third kappa shape index (κ3) is 3.09. The van der Waals surface area contributed by atoms with E-state index in [1.165, 1.54) is 25.8 Å². The van der Waals surface area contributed by atoms with Crippen molar-refractivity contribution in [3.05, 3.63) is 0 Å². The first kappa shape index (κ1) is 9.96. The highest BCUT2D eigenvalue weighted by atomic mass is 15.5. The first-order valence-corrected chi connectivity index (χ1v) is 4.81. The molecule has 0 amide bonds. The maximum absolute atomic E-state index is 3.34. The van der Waals surface area contributed by atoms with Crippen LogP contribution in [0, 0.1) is 0 Å². The molecule has 1 heterocycles. The highest BCUT2D eigenvalue weighted by Gasteiger charge is 2.17. The maximum atomic E-state index is 3.34. The van der Waals surface area contributed by atoms with Gasteiger partial charge in [0.1, 0.15) is 0 Å². The van der Waals surface area contributed by atoms with E-state index in [2.05, 4.69) is 17.4 Å². The van der Waals surface area contributed by atoms with Gasteiger partial charge >= 0.3 is 0 Å². The van der Waals surface area contributed by atoms with Crippen LogP contribution in [0.15, 0.2) is 0 Å². The van der Waals surface area contributed by atoms with Crippen LogP contribution < -0.4 is 5.43 Å². The normalized spacial score (nSPS) is 26.5. The Balaban J connectivity index is 2.20. The smallest absolute Gasteiger partial charge is 0.0258 e. The molecule has 0 aliphatic carbocycles. The van der Waals surface area contributed by atoms with E-state index in [0.29, 0.717) is 0 Å². The standard InChI is InChI=1S/C9H21N3/c1-11(2)10-8-9-6-4-5-7-12(9)3/h9-10H,4-8H2,1-3H3. The van der Waals surface area contributed by atoms with Gasteiger partial charge < -0.3 is 4.90 Å². The number of hydrogen-bond donors (Lipinski definition) is 1. The predicted molar refractivity (Wildman–Crippen MR) is 52.0 cm³/mol. The maximum Gasteiger partial charge on any atom is 0.0258 e. The zero-order valence-electron chi connectivity index (χ0n) is 8.51. The van der Waals surface area contributed by atoms with Crippen molar-refractivity contribution < 1.29 is 0 Å². The van der Waals surface area contributed by atoms with Crippen molar-refractivity contribution in [2.45, 2.75) is 25.3 Å². The van der Waals surface area contributed by atoms with Crippen LogP contribution in [0.3, 0.4) is 0 Å². The fraction of sp³-hybridized carbons (Fsp3) is 1.00. The SMILES string of the molecule is CN(C)NCC1CCCCN1C. The van der Waals surface area contributed by atoms with Crippen molar-refractivity contribution >= 4 is 0 Å². The molecule has 1 aliphatic heterocycles. The summed E-state index contributed by atoms with van der Waals surface area (Å²) in [5.74, 6) is 0. The molecular formula is C9H21N3. The Kier molecular flexibility index (Phi) is 3.98. The molecule has 1 rings (SSSR count). The second-order valence-corrected chi connectivity index (χ2v) is 3.89. The Morgan fingerprint density at radius 2 is 2.17 bits per heavy atom. The molecule has 1 N–H and O–H groups in total. The summed E-state index contributed by atoms with van der Waals surface area (Å²) in [5, 5.41) is 2.03. The van der Waals surface area contributed by atoms with Crippen LogP contribution in [-0.2, 0) is 0 Å². The fourth-order valence-electron chi connectivity index (χ4n) is 1.69. The largest absolute Gasteiger partial charge is 0.302 e. The van der Waals surface area contributed by atoms with Gasteiger partial charge in [-0.15, -0.1) is 0 Å². The van der Waals surface area contributed by atoms with E-state index in [4.69, 9.17) is 0 Å². The van der Waals surface area contributed by atoms with E-state index < -0.39 is 0 Å². The Morgan fingerprint density at radius 3 is 2.75 bits per heavy atom. The number of hydrogen-bond acceptors (Lipinski definition) is 3. The van der Waals surface area contributed by atoms with Crippen LogP contribution in [0.25, 0.3) is 0 Å². The van der Waals surface area contributed by atoms with Crippen molar-refractivity contribution in [1.29, 1.82) is 0 Å². The lowest BCUT2D eigenvalue weighted by atomic mass is 10.0. The van der Waals surface area contributed by atoms with Crippen molar-refractivity contribution in [1.82, 2.24) is 15.3 Å². The predicted octanol–water partition coefficient (Wildman–Crippen LogP) is 0.537. The number of likely N-dealkylation sites (N-methyl/N-ethyl adjacent to an activating group) is 1. The van der Waals surface area contributed by atoms with Crippen LogP contribution in [0.4, 0.5) is 0 Å². The van der Waals surface area contributed by atoms with Crippen molar-refractivity contribution in [3.8, 4) is 0 Å². The van der Waals surface area contributed by atoms with Gasteiger partial charge in [-0.05, 0) is 26.4 Å². The number of hydrazine groups is 1. The molecule has 1 saturated heterocycles. The molecule has 0 aromatic rings. The lowest BCUT2D eigenvalue weighted by Gasteiger charge is -2.33. The number of likely N-dealkylation sites (tertiary alicyclic amines) is 1. The van der Waals surface area contributed by atoms with Gasteiger partial charge in [0.25, 0.3) is 0 Å². The van der Waals surface area contributed by atoms with Gasteiger partial charge in [0.05, 0.1) is 0 Å². The van der Waals surface area contributed by atoms with Crippen LogP contribution in [0.1, 0.15) is 19.3 Å². The van der Waals surface area contributed by atoms with Gasteiger partial charge in [-0.2, -0.15) is 0 Å². The Morgan fingerprint density at radius 1 is 1.42 bits per heavy atom. The summed E-state index contributed by atoms with van der Waals surface area (Å²) in [6.45, 7) is 2.35. The monoisotopic (exact) mass is 171 g/mol. The minimum atomic E-state index is 0.737. The molecule has 0 spiro atoms. The lowest BCUT2D eigenvalue weighted by molar-refractivity contribution is 0.153. The van der Waals surface area contributed by atoms with E-state index >= 15 is 0 Å². The molecule has 0 aromatic heterocycles. The molecule has 3 nitrogen and oxygen atoms in total. The number of piperidine rings is 1. The number of nitrogens with zero attached hydrogens (tertiary/aromatic N) is 2. The molecule has 1 fully saturated rings. The molecule has 1 aliphatic rings. The van der Waals surface area contributed by atoms with E-state index in [9.17, 15) is 0 Å². The van der Waals surface area contributed by atoms with Crippen LogP contribution in [-0.4, -0.2) is 50.2 Å². The molecule has 72 valence electrons. The topological polar surface area (TPSA) is 18.5 Å². The number of rotatable bonds is 3. The average Bonchev–Trinajstić information content (AvgIpc) is 2.03. The summed E-state index contributed by atoms with van der Waals surface area (Å²) in [6.07, 6.45) is 4.11. The van der Waals surface area contributed by atoms with Crippen molar-refractivity contribution in [2.75, 3.05) is 34.2 Å². The lowest BCUT2D eigenvalue weighted by Crippen LogP contribution is -2.46. The molecule has 0 bridgehead atoms. The van der Waals surface area contributed by atoms with Gasteiger partial charge in [0.2, 0.25) is 0 Å². The van der Waals surface area contributed by atoms with Crippen LogP contribution in [0.2, 0.25) is 0 Å². The first-order chi connectivity index (χ1) is 5.70. The van der Waals surface area contributed by atoms with Crippen LogP contribution >= 0.6 is 0 Å². The van der Waals surface area contributed by atoms with Crippen molar-refractivity contribution in [2.24, 2.45) is 0 Å². The molecule has 0 saturated carbocycles. The minimum absolute atomic E-state index is 0.737. The van der Waals surface area contributed by atoms with E-state index in [0.717, 1.165) is 12.6 Å². The summed E-state index contributed by atoms with van der Waals surface area (Å²) in [4.78, 5) is 2.46. The first-order valence-electron chi connectivity index (χ1n) is 4.81. The molecule has 3 heteroatoms. The van der Waals surface area contributed by atoms with Crippen molar-refractivity contribution in [3.63, 3.8) is 0 Å². The molecule has 12 heavy (non-hydrogen) atoms. The third-order valence-corrected chi connectivity index (χ3v) is 2.56. The van der Waals surface area contributed by atoms with Gasteiger partial charge in [0.15, 0.2) is 0 Å². The summed E-state index contributed by atoms with van der Waals surface area (Å²) in [6, 6.07) is 0.737. The fourth-order valence-corrected chi connectivity index (χ4v) is 1.69. The second kappa shape index (κ2) is 4.80. The van der Waals surface area contributed by atoms with Gasteiger partial charge in [-0.25, -0.2) is 0 Å². The molecule has 1 atom stereocenters. The van der Waals surface area contributed by atoms with Gasteiger partial charge in [-0.1, -0.05) is 6.42 Å². The highest BCUT2D eigenvalue weighted by molar-refractivity contribution is 4.75. The zero-order chi connectivity index (χ0) is 8.97. The Hall–Kier alpha value is -0.120. The van der Waals surface area contributed by atoms with Gasteiger partial charge in [-0.3, -0.25) is 10.4 Å². The van der Waals surface area contributed by atoms with Crippen LogP contribution in [0.5, 0.6) is 0 Å². The molecule has 0 aromatic carbocycles. The molecule has 0 radical (unpaired) electrons. The minimum Gasteiger partial charge on any atom is -0.302 e. The van der Waals surface area contributed by atoms with Gasteiger partial charge in [0, 0.05) is 26.7 Å². The third-order valence-electron chi connectivity index (χ3n) is 2.56.